The van der Waals surface area contributed by atoms with E-state index in [0.717, 1.165) is 9.80 Å². The van der Waals surface area contributed by atoms with Crippen molar-refractivity contribution in [1.29, 1.82) is 0 Å². The van der Waals surface area contributed by atoms with E-state index in [9.17, 15) is 19.2 Å². The molecular formula is C18H14Cl2N2O4. The molecule has 2 aliphatic heterocycles. The lowest BCUT2D eigenvalue weighted by Crippen LogP contribution is -2.35. The van der Waals surface area contributed by atoms with Gasteiger partial charge < -0.3 is 0 Å². The summed E-state index contributed by atoms with van der Waals surface area (Å²) in [6.07, 6.45) is 2.38. The van der Waals surface area contributed by atoms with E-state index in [1.165, 1.54) is 12.2 Å². The largest absolute Gasteiger partial charge is 0.269 e. The van der Waals surface area contributed by atoms with Crippen molar-refractivity contribution >= 4 is 58.2 Å². The summed E-state index contributed by atoms with van der Waals surface area (Å²) in [6, 6.07) is 3.26. The molecule has 1 aromatic carbocycles. The Hall–Kier alpha value is -2.44. The van der Waals surface area contributed by atoms with Crippen LogP contribution in [0, 0.1) is 13.8 Å². The SMILES string of the molecule is Cc1ccc(N2C(=O)C=C(CCl)C2=O)c(C)c1N1C(=O)C=C(CCl)C1=O. The number of imide groups is 2. The van der Waals surface area contributed by atoms with Crippen molar-refractivity contribution in [2.45, 2.75) is 13.8 Å². The maximum absolute atomic E-state index is 12.5. The standard InChI is InChI=1S/C18H14Cl2N2O4/c1-9-3-4-13(21-14(23)5-11(7-19)17(21)25)10(2)16(9)22-15(24)6-12(8-20)18(22)26/h3-6H,7-8H2,1-2H3. The van der Waals surface area contributed by atoms with Gasteiger partial charge in [0.15, 0.2) is 0 Å². The van der Waals surface area contributed by atoms with E-state index >= 15 is 0 Å². The highest BCUT2D eigenvalue weighted by atomic mass is 35.5. The quantitative estimate of drug-likeness (QED) is 0.582. The molecule has 0 spiro atoms. The molecule has 0 N–H and O–H groups in total. The van der Waals surface area contributed by atoms with Crippen LogP contribution < -0.4 is 9.80 Å². The molecule has 1 aromatic rings. The maximum atomic E-state index is 12.5. The third-order valence-corrected chi connectivity index (χ3v) is 4.92. The number of carbonyl (C=O) groups is 4. The topological polar surface area (TPSA) is 74.8 Å². The first-order chi connectivity index (χ1) is 12.3. The Morgan fingerprint density at radius 2 is 1.31 bits per heavy atom. The molecule has 2 heterocycles. The summed E-state index contributed by atoms with van der Waals surface area (Å²) in [5.41, 5.74) is 2.15. The first-order valence-electron chi connectivity index (χ1n) is 7.72. The van der Waals surface area contributed by atoms with E-state index in [1.54, 1.807) is 26.0 Å². The maximum Gasteiger partial charge on any atom is 0.262 e. The minimum absolute atomic E-state index is 0.0784. The normalized spacial score (nSPS) is 17.4. The molecule has 0 aromatic heterocycles. The lowest BCUT2D eigenvalue weighted by Gasteiger charge is -2.25. The van der Waals surface area contributed by atoms with Gasteiger partial charge in [-0.1, -0.05) is 6.07 Å². The van der Waals surface area contributed by atoms with Gasteiger partial charge in [0.1, 0.15) is 0 Å². The van der Waals surface area contributed by atoms with Crippen LogP contribution in [0.25, 0.3) is 0 Å². The van der Waals surface area contributed by atoms with Crippen molar-refractivity contribution in [1.82, 2.24) is 0 Å². The van der Waals surface area contributed by atoms with Crippen molar-refractivity contribution in [2.75, 3.05) is 21.6 Å². The first-order valence-corrected chi connectivity index (χ1v) is 8.78. The van der Waals surface area contributed by atoms with Gasteiger partial charge in [-0.15, -0.1) is 23.2 Å². The molecule has 0 atom stereocenters. The van der Waals surface area contributed by atoms with Gasteiger partial charge in [0.05, 0.1) is 23.1 Å². The number of benzene rings is 1. The van der Waals surface area contributed by atoms with Gasteiger partial charge in [0, 0.05) is 23.3 Å². The fraction of sp³-hybridized carbons (Fsp3) is 0.222. The number of halogens is 2. The average molecular weight is 393 g/mol. The predicted molar refractivity (Wildman–Crippen MR) is 98.5 cm³/mol. The van der Waals surface area contributed by atoms with Crippen molar-refractivity contribution in [2.24, 2.45) is 0 Å². The molecule has 26 heavy (non-hydrogen) atoms. The Morgan fingerprint density at radius 3 is 1.81 bits per heavy atom. The van der Waals surface area contributed by atoms with Crippen LogP contribution >= 0.6 is 23.2 Å². The van der Waals surface area contributed by atoms with Crippen LogP contribution in [0.3, 0.4) is 0 Å². The summed E-state index contributed by atoms with van der Waals surface area (Å²) in [5.74, 6) is -2.20. The number of carbonyl (C=O) groups excluding carboxylic acids is 4. The van der Waals surface area contributed by atoms with Gasteiger partial charge in [0.25, 0.3) is 23.6 Å². The Morgan fingerprint density at radius 1 is 0.808 bits per heavy atom. The van der Waals surface area contributed by atoms with Crippen LogP contribution in [0.5, 0.6) is 0 Å². The van der Waals surface area contributed by atoms with Crippen LogP contribution in [-0.2, 0) is 19.2 Å². The summed E-state index contributed by atoms with van der Waals surface area (Å²) in [6.45, 7) is 3.39. The molecule has 0 bridgehead atoms. The highest BCUT2D eigenvalue weighted by Crippen LogP contribution is 2.37. The zero-order valence-corrected chi connectivity index (χ0v) is 15.5. The minimum Gasteiger partial charge on any atom is -0.269 e. The molecule has 0 saturated carbocycles. The first kappa shape index (κ1) is 18.4. The number of rotatable bonds is 4. The van der Waals surface area contributed by atoms with E-state index < -0.39 is 23.6 Å². The Balaban J connectivity index is 2.10. The number of alkyl halides is 2. The van der Waals surface area contributed by atoms with Crippen molar-refractivity contribution in [3.05, 3.63) is 46.6 Å². The molecule has 2 aliphatic rings. The number of hydrogen-bond donors (Lipinski definition) is 0. The monoisotopic (exact) mass is 392 g/mol. The van der Waals surface area contributed by atoms with Crippen LogP contribution in [0.2, 0.25) is 0 Å². The van der Waals surface area contributed by atoms with Gasteiger partial charge in [-0.2, -0.15) is 0 Å². The lowest BCUT2D eigenvalue weighted by molar-refractivity contribution is -0.121. The van der Waals surface area contributed by atoms with E-state index in [-0.39, 0.29) is 22.9 Å². The van der Waals surface area contributed by atoms with E-state index in [0.29, 0.717) is 22.5 Å². The summed E-state index contributed by atoms with van der Waals surface area (Å²) < 4.78 is 0. The second-order valence-electron chi connectivity index (χ2n) is 5.94. The Labute approximate surface area is 159 Å². The predicted octanol–water partition coefficient (Wildman–Crippen LogP) is 2.38. The third-order valence-electron chi connectivity index (χ3n) is 4.35. The summed E-state index contributed by atoms with van der Waals surface area (Å²) >= 11 is 11.4. The molecule has 4 amide bonds. The molecule has 3 rings (SSSR count). The lowest BCUT2D eigenvalue weighted by atomic mass is 10.0. The minimum atomic E-state index is -0.512. The highest BCUT2D eigenvalue weighted by Gasteiger charge is 2.37. The average Bonchev–Trinajstić information content (AvgIpc) is 3.05. The summed E-state index contributed by atoms with van der Waals surface area (Å²) in [4.78, 5) is 51.5. The van der Waals surface area contributed by atoms with E-state index in [2.05, 4.69) is 0 Å². The molecule has 6 nitrogen and oxygen atoms in total. The van der Waals surface area contributed by atoms with Gasteiger partial charge in [0.2, 0.25) is 0 Å². The Bertz CT molecular complexity index is 933. The smallest absolute Gasteiger partial charge is 0.262 e. The molecule has 0 unspecified atom stereocenters. The zero-order chi connectivity index (χ0) is 19.2. The number of anilines is 2. The summed E-state index contributed by atoms with van der Waals surface area (Å²) in [7, 11) is 0. The van der Waals surface area contributed by atoms with Crippen molar-refractivity contribution in [3.8, 4) is 0 Å². The number of hydrogen-bond acceptors (Lipinski definition) is 4. The molecular weight excluding hydrogens is 379 g/mol. The van der Waals surface area contributed by atoms with Gasteiger partial charge >= 0.3 is 0 Å². The third kappa shape index (κ3) is 2.66. The number of amides is 4. The second kappa shape index (κ2) is 6.70. The second-order valence-corrected chi connectivity index (χ2v) is 6.47. The number of nitrogens with zero attached hydrogens (tertiary/aromatic N) is 2. The van der Waals surface area contributed by atoms with Gasteiger partial charge in [-0.3, -0.25) is 19.2 Å². The molecule has 0 fully saturated rings. The zero-order valence-electron chi connectivity index (χ0n) is 14.0. The number of aryl methyl sites for hydroxylation is 1. The van der Waals surface area contributed by atoms with Gasteiger partial charge in [-0.25, -0.2) is 9.80 Å². The van der Waals surface area contributed by atoms with Crippen LogP contribution in [0.4, 0.5) is 11.4 Å². The highest BCUT2D eigenvalue weighted by molar-refractivity contribution is 6.36. The molecule has 0 radical (unpaired) electrons. The molecule has 0 aliphatic carbocycles. The van der Waals surface area contributed by atoms with Crippen LogP contribution in [0.1, 0.15) is 11.1 Å². The fourth-order valence-corrected chi connectivity index (χ4v) is 3.46. The molecule has 0 saturated heterocycles. The van der Waals surface area contributed by atoms with E-state index in [1.807, 2.05) is 0 Å². The van der Waals surface area contributed by atoms with Crippen LogP contribution in [-0.4, -0.2) is 35.4 Å². The van der Waals surface area contributed by atoms with E-state index in [4.69, 9.17) is 23.2 Å². The van der Waals surface area contributed by atoms with Crippen molar-refractivity contribution in [3.63, 3.8) is 0 Å². The van der Waals surface area contributed by atoms with Crippen LogP contribution in [0.15, 0.2) is 35.4 Å². The fourth-order valence-electron chi connectivity index (χ4n) is 3.08. The van der Waals surface area contributed by atoms with Gasteiger partial charge in [-0.05, 0) is 31.0 Å². The molecule has 8 heteroatoms. The Kier molecular flexibility index (Phi) is 4.73. The summed E-state index contributed by atoms with van der Waals surface area (Å²) in [5, 5.41) is 0. The molecule has 134 valence electrons. The van der Waals surface area contributed by atoms with Crippen molar-refractivity contribution < 1.29 is 19.2 Å².